The second-order valence-corrected chi connectivity index (χ2v) is 9.65. The van der Waals surface area contributed by atoms with Gasteiger partial charge in [-0.05, 0) is 75.7 Å². The Morgan fingerprint density at radius 1 is 1.11 bits per heavy atom. The highest BCUT2D eigenvalue weighted by molar-refractivity contribution is 9.10. The summed E-state index contributed by atoms with van der Waals surface area (Å²) in [4.78, 5) is 38.8. The summed E-state index contributed by atoms with van der Waals surface area (Å²) in [6, 6.07) is 17.9. The van der Waals surface area contributed by atoms with Crippen LogP contribution in [-0.4, -0.2) is 28.5 Å². The summed E-state index contributed by atoms with van der Waals surface area (Å²) in [6.07, 6.45) is 1.55. The number of hydrogen-bond donors (Lipinski definition) is 1. The van der Waals surface area contributed by atoms with E-state index in [0.29, 0.717) is 26.5 Å². The van der Waals surface area contributed by atoms with Gasteiger partial charge in [-0.3, -0.25) is 19.3 Å². The number of imide groups is 1. The van der Waals surface area contributed by atoms with Gasteiger partial charge in [0.25, 0.3) is 11.1 Å². The number of anilines is 1. The number of ether oxygens (including phenoxy) is 1. The zero-order chi connectivity index (χ0) is 24.9. The number of benzene rings is 3. The normalized spacial score (nSPS) is 14.5. The number of carbonyl (C=O) groups is 3. The first-order valence-corrected chi connectivity index (χ1v) is 12.3. The maximum Gasteiger partial charge on any atom is 0.294 e. The van der Waals surface area contributed by atoms with Gasteiger partial charge in [0.15, 0.2) is 0 Å². The third-order valence-corrected chi connectivity index (χ3v) is 7.03. The quantitative estimate of drug-likeness (QED) is 0.326. The summed E-state index contributed by atoms with van der Waals surface area (Å²) < 4.78 is 19.6. The SMILES string of the molecule is O=C(CN1C(=O)S/C(=C\c2ccccc2OCc2ccc(F)cc2)C1=O)Nc1ccc(Br)c(Cl)c1. The van der Waals surface area contributed by atoms with Crippen molar-refractivity contribution in [2.45, 2.75) is 6.61 Å². The number of nitrogens with zero attached hydrogens (tertiary/aromatic N) is 1. The van der Waals surface area contributed by atoms with E-state index in [1.54, 1.807) is 60.7 Å². The van der Waals surface area contributed by atoms with Gasteiger partial charge in [0.1, 0.15) is 24.7 Å². The third kappa shape index (κ3) is 6.30. The molecule has 35 heavy (non-hydrogen) atoms. The number of nitrogens with one attached hydrogen (secondary N) is 1. The van der Waals surface area contributed by atoms with Gasteiger partial charge in [0.05, 0.1) is 9.93 Å². The fourth-order valence-electron chi connectivity index (χ4n) is 3.17. The zero-order valence-electron chi connectivity index (χ0n) is 18.0. The molecular weight excluding hydrogens is 559 g/mol. The van der Waals surface area contributed by atoms with Crippen LogP contribution in [0.3, 0.4) is 0 Å². The van der Waals surface area contributed by atoms with Crippen LogP contribution in [0.15, 0.2) is 76.1 Å². The van der Waals surface area contributed by atoms with Gasteiger partial charge in [0, 0.05) is 15.7 Å². The molecule has 10 heteroatoms. The number of halogens is 3. The second-order valence-electron chi connectivity index (χ2n) is 7.40. The summed E-state index contributed by atoms with van der Waals surface area (Å²) >= 11 is 10.1. The van der Waals surface area contributed by atoms with Crippen molar-refractivity contribution in [3.8, 4) is 5.75 Å². The Morgan fingerprint density at radius 2 is 1.86 bits per heavy atom. The Labute approximate surface area is 218 Å². The first-order chi connectivity index (χ1) is 16.8. The molecule has 0 bridgehead atoms. The van der Waals surface area contributed by atoms with Gasteiger partial charge in [-0.1, -0.05) is 41.9 Å². The van der Waals surface area contributed by atoms with E-state index in [2.05, 4.69) is 21.2 Å². The van der Waals surface area contributed by atoms with Crippen molar-refractivity contribution in [1.82, 2.24) is 4.90 Å². The Kier molecular flexibility index (Phi) is 7.90. The van der Waals surface area contributed by atoms with Crippen LogP contribution in [-0.2, 0) is 16.2 Å². The lowest BCUT2D eigenvalue weighted by Gasteiger charge is -2.13. The zero-order valence-corrected chi connectivity index (χ0v) is 21.1. The van der Waals surface area contributed by atoms with E-state index in [4.69, 9.17) is 16.3 Å². The van der Waals surface area contributed by atoms with E-state index >= 15 is 0 Å². The summed E-state index contributed by atoms with van der Waals surface area (Å²) in [5.41, 5.74) is 1.81. The predicted molar refractivity (Wildman–Crippen MR) is 138 cm³/mol. The van der Waals surface area contributed by atoms with Gasteiger partial charge in [-0.15, -0.1) is 0 Å². The van der Waals surface area contributed by atoms with Crippen LogP contribution < -0.4 is 10.1 Å². The lowest BCUT2D eigenvalue weighted by Crippen LogP contribution is -2.36. The first-order valence-electron chi connectivity index (χ1n) is 10.3. The molecule has 3 aromatic carbocycles. The largest absolute Gasteiger partial charge is 0.488 e. The lowest BCUT2D eigenvalue weighted by atomic mass is 10.1. The molecule has 1 heterocycles. The van der Waals surface area contributed by atoms with Crippen molar-refractivity contribution in [3.63, 3.8) is 0 Å². The number of thioether (sulfide) groups is 1. The highest BCUT2D eigenvalue weighted by atomic mass is 79.9. The molecule has 0 atom stereocenters. The van der Waals surface area contributed by atoms with Crippen LogP contribution in [0.4, 0.5) is 14.9 Å². The number of hydrogen-bond acceptors (Lipinski definition) is 5. The molecule has 1 saturated heterocycles. The van der Waals surface area contributed by atoms with Crippen molar-refractivity contribution >= 4 is 68.1 Å². The number of rotatable bonds is 7. The average Bonchev–Trinajstić information content (AvgIpc) is 3.09. The van der Waals surface area contributed by atoms with Gasteiger partial charge < -0.3 is 10.1 Å². The minimum Gasteiger partial charge on any atom is -0.488 e. The van der Waals surface area contributed by atoms with Crippen molar-refractivity contribution in [1.29, 1.82) is 0 Å². The highest BCUT2D eigenvalue weighted by Crippen LogP contribution is 2.34. The second kappa shape index (κ2) is 11.1. The summed E-state index contributed by atoms with van der Waals surface area (Å²) in [7, 11) is 0. The Morgan fingerprint density at radius 3 is 2.60 bits per heavy atom. The molecular formula is C25H17BrClFN2O4S. The predicted octanol–water partition coefficient (Wildman–Crippen LogP) is 6.50. The standard InChI is InChI=1S/C25H17BrClFN2O4S/c26-19-10-9-18(12-20(19)27)29-23(31)13-30-24(32)22(35-25(30)33)11-16-3-1-2-4-21(16)34-14-15-5-7-17(28)8-6-15/h1-12H,13-14H2,(H,29,31)/b22-11-. The molecule has 0 aromatic heterocycles. The van der Waals surface area contributed by atoms with Crippen molar-refractivity contribution in [3.05, 3.63) is 98.1 Å². The summed E-state index contributed by atoms with van der Waals surface area (Å²) in [5.74, 6) is -0.944. The highest BCUT2D eigenvalue weighted by Gasteiger charge is 2.36. The Balaban J connectivity index is 1.44. The third-order valence-electron chi connectivity index (χ3n) is 4.89. The molecule has 0 saturated carbocycles. The smallest absolute Gasteiger partial charge is 0.294 e. The minimum atomic E-state index is -0.572. The van der Waals surface area contributed by atoms with Crippen molar-refractivity contribution in [2.24, 2.45) is 0 Å². The molecule has 178 valence electrons. The van der Waals surface area contributed by atoms with Gasteiger partial charge in [-0.2, -0.15) is 0 Å². The molecule has 1 aliphatic rings. The van der Waals surface area contributed by atoms with E-state index in [1.165, 1.54) is 12.1 Å². The number of para-hydroxylation sites is 1. The maximum absolute atomic E-state index is 13.1. The van der Waals surface area contributed by atoms with E-state index in [-0.39, 0.29) is 17.3 Å². The maximum atomic E-state index is 13.1. The summed E-state index contributed by atoms with van der Waals surface area (Å²) in [6.45, 7) is -0.231. The first kappa shape index (κ1) is 25.0. The molecule has 3 amide bonds. The van der Waals surface area contributed by atoms with Gasteiger partial charge >= 0.3 is 0 Å². The van der Waals surface area contributed by atoms with Crippen LogP contribution >= 0.6 is 39.3 Å². The molecule has 1 aliphatic heterocycles. The Hall–Kier alpha value is -3.14. The van der Waals surface area contributed by atoms with Crippen molar-refractivity contribution < 1.29 is 23.5 Å². The molecule has 0 radical (unpaired) electrons. The lowest BCUT2D eigenvalue weighted by molar-refractivity contribution is -0.127. The Bertz CT molecular complexity index is 1330. The molecule has 1 N–H and O–H groups in total. The topological polar surface area (TPSA) is 75.7 Å². The van der Waals surface area contributed by atoms with E-state index < -0.39 is 23.6 Å². The molecule has 6 nitrogen and oxygen atoms in total. The molecule has 4 rings (SSSR count). The number of amides is 3. The number of carbonyl (C=O) groups excluding carboxylic acids is 3. The van der Waals surface area contributed by atoms with Crippen molar-refractivity contribution in [2.75, 3.05) is 11.9 Å². The average molecular weight is 576 g/mol. The molecule has 3 aromatic rings. The van der Waals surface area contributed by atoms with Crippen LogP contribution in [0.1, 0.15) is 11.1 Å². The summed E-state index contributed by atoms with van der Waals surface area (Å²) in [5, 5.41) is 2.49. The molecule has 0 aliphatic carbocycles. The molecule has 1 fully saturated rings. The van der Waals surface area contributed by atoms with E-state index in [0.717, 1.165) is 22.2 Å². The van der Waals surface area contributed by atoms with E-state index in [1.807, 2.05) is 0 Å². The van der Waals surface area contributed by atoms with Gasteiger partial charge in [0.2, 0.25) is 5.91 Å². The van der Waals surface area contributed by atoms with Crippen LogP contribution in [0.5, 0.6) is 5.75 Å². The van der Waals surface area contributed by atoms with E-state index in [9.17, 15) is 18.8 Å². The van der Waals surface area contributed by atoms with Crippen LogP contribution in [0.2, 0.25) is 5.02 Å². The minimum absolute atomic E-state index is 0.173. The van der Waals surface area contributed by atoms with Gasteiger partial charge in [-0.25, -0.2) is 4.39 Å². The van der Waals surface area contributed by atoms with Crippen LogP contribution in [0, 0.1) is 5.82 Å². The molecule has 0 unspecified atom stereocenters. The fourth-order valence-corrected chi connectivity index (χ4v) is 4.42. The molecule has 0 spiro atoms. The fraction of sp³-hybridized carbons (Fsp3) is 0.0800. The van der Waals surface area contributed by atoms with Crippen LogP contribution in [0.25, 0.3) is 6.08 Å². The monoisotopic (exact) mass is 574 g/mol.